The van der Waals surface area contributed by atoms with Gasteiger partial charge in [-0.05, 0) is 41.8 Å². The molecule has 1 unspecified atom stereocenters. The van der Waals surface area contributed by atoms with Crippen molar-refractivity contribution in [1.29, 1.82) is 0 Å². The summed E-state index contributed by atoms with van der Waals surface area (Å²) >= 11 is 0. The van der Waals surface area contributed by atoms with Gasteiger partial charge in [-0.25, -0.2) is 21.9 Å². The quantitative estimate of drug-likeness (QED) is 0.764. The van der Waals surface area contributed by atoms with Crippen molar-refractivity contribution in [2.45, 2.75) is 18.3 Å². The second-order valence-corrected chi connectivity index (χ2v) is 7.66. The maximum Gasteiger partial charge on any atom is 0.231 e. The summed E-state index contributed by atoms with van der Waals surface area (Å²) < 4.78 is 63.0. The molecule has 0 amide bonds. The number of hydrogen-bond donors (Lipinski definition) is 2. The Bertz CT molecular complexity index is 884. The van der Waals surface area contributed by atoms with Gasteiger partial charge in [-0.2, -0.15) is 0 Å². The van der Waals surface area contributed by atoms with E-state index in [1.807, 2.05) is 0 Å². The van der Waals surface area contributed by atoms with E-state index < -0.39 is 33.5 Å². The average molecular weight is 385 g/mol. The number of rotatable bonds is 7. The van der Waals surface area contributed by atoms with Gasteiger partial charge in [-0.3, -0.25) is 0 Å². The van der Waals surface area contributed by atoms with Gasteiger partial charge in [-0.1, -0.05) is 6.07 Å². The molecule has 1 heterocycles. The van der Waals surface area contributed by atoms with Crippen molar-refractivity contribution < 1.29 is 31.8 Å². The fourth-order valence-electron chi connectivity index (χ4n) is 2.60. The van der Waals surface area contributed by atoms with E-state index in [0.717, 1.165) is 12.1 Å². The normalized spacial score (nSPS) is 14.4. The minimum Gasteiger partial charge on any atom is -0.454 e. The largest absolute Gasteiger partial charge is 0.454 e. The molecule has 3 rings (SSSR count). The number of aliphatic hydroxyl groups is 1. The highest BCUT2D eigenvalue weighted by atomic mass is 32.2. The summed E-state index contributed by atoms with van der Waals surface area (Å²) in [6, 6.07) is 7.57. The molecule has 0 spiro atoms. The first-order valence-corrected chi connectivity index (χ1v) is 9.47. The Balaban J connectivity index is 1.54. The third-order valence-electron chi connectivity index (χ3n) is 3.80. The van der Waals surface area contributed by atoms with Crippen LogP contribution in [0.25, 0.3) is 0 Å². The summed E-state index contributed by atoms with van der Waals surface area (Å²) in [5, 5.41) is 10.2. The molecule has 0 saturated heterocycles. The lowest BCUT2D eigenvalue weighted by Gasteiger charge is -2.12. The van der Waals surface area contributed by atoms with Crippen molar-refractivity contribution in [1.82, 2.24) is 4.72 Å². The number of aliphatic hydroxyl groups excluding tert-OH is 1. The highest BCUT2D eigenvalue weighted by Crippen LogP contribution is 2.34. The minimum absolute atomic E-state index is 0.00585. The van der Waals surface area contributed by atoms with Crippen LogP contribution >= 0.6 is 0 Å². The van der Waals surface area contributed by atoms with E-state index in [0.29, 0.717) is 23.1 Å². The van der Waals surface area contributed by atoms with Gasteiger partial charge in [0.1, 0.15) is 11.6 Å². The molecule has 0 bridgehead atoms. The van der Waals surface area contributed by atoms with Crippen LogP contribution in [0, 0.1) is 11.6 Å². The number of fused-ring (bicyclic) bond motifs is 1. The molecule has 1 atom stereocenters. The van der Waals surface area contributed by atoms with Crippen molar-refractivity contribution in [2.75, 3.05) is 13.3 Å². The first-order valence-electron chi connectivity index (χ1n) is 7.82. The van der Waals surface area contributed by atoms with E-state index in [1.54, 1.807) is 18.2 Å². The van der Waals surface area contributed by atoms with Gasteiger partial charge in [0.15, 0.2) is 11.5 Å². The van der Waals surface area contributed by atoms with E-state index in [2.05, 4.69) is 4.72 Å². The van der Waals surface area contributed by atoms with Crippen molar-refractivity contribution in [3.8, 4) is 11.5 Å². The van der Waals surface area contributed by atoms with Gasteiger partial charge in [0.25, 0.3) is 0 Å². The standard InChI is InChI=1S/C17H17F2NO5S/c18-13-5-11(6-14(19)8-13)9-26(22,23)20-4-3-15(21)12-1-2-16-17(7-12)25-10-24-16/h1-2,5-8,15,20-21H,3-4,9-10H2. The molecule has 6 nitrogen and oxygen atoms in total. The van der Waals surface area contributed by atoms with Crippen LogP contribution in [0.4, 0.5) is 8.78 Å². The number of benzene rings is 2. The maximum absolute atomic E-state index is 13.1. The molecule has 26 heavy (non-hydrogen) atoms. The highest BCUT2D eigenvalue weighted by Gasteiger charge is 2.18. The smallest absolute Gasteiger partial charge is 0.231 e. The highest BCUT2D eigenvalue weighted by molar-refractivity contribution is 7.88. The van der Waals surface area contributed by atoms with E-state index >= 15 is 0 Å². The summed E-state index contributed by atoms with van der Waals surface area (Å²) in [5.74, 6) is -1.12. The number of nitrogens with one attached hydrogen (secondary N) is 1. The first-order chi connectivity index (χ1) is 12.3. The molecule has 2 aromatic rings. The molecule has 0 aliphatic carbocycles. The molecule has 2 N–H and O–H groups in total. The van der Waals surface area contributed by atoms with Gasteiger partial charge in [0.2, 0.25) is 16.8 Å². The SMILES string of the molecule is O=S(=O)(Cc1cc(F)cc(F)c1)NCCC(O)c1ccc2c(c1)OCO2. The zero-order valence-corrected chi connectivity index (χ0v) is 14.4. The molecule has 0 saturated carbocycles. The predicted octanol–water partition coefficient (Wildman–Crippen LogP) is 2.24. The number of halogens is 2. The lowest BCUT2D eigenvalue weighted by atomic mass is 10.1. The van der Waals surface area contributed by atoms with Gasteiger partial charge in [0.05, 0.1) is 11.9 Å². The topological polar surface area (TPSA) is 84.9 Å². The molecular formula is C17H17F2NO5S. The second kappa shape index (κ2) is 7.56. The Labute approximate surface area is 149 Å². The lowest BCUT2D eigenvalue weighted by molar-refractivity contribution is 0.166. The van der Waals surface area contributed by atoms with Crippen LogP contribution in [0.5, 0.6) is 11.5 Å². The van der Waals surface area contributed by atoms with Crippen LogP contribution in [0.3, 0.4) is 0 Å². The summed E-state index contributed by atoms with van der Waals surface area (Å²) in [7, 11) is -3.79. The molecular weight excluding hydrogens is 368 g/mol. The molecule has 1 aliphatic rings. The first kappa shape index (κ1) is 18.6. The lowest BCUT2D eigenvalue weighted by Crippen LogP contribution is -2.27. The monoisotopic (exact) mass is 385 g/mol. The van der Waals surface area contributed by atoms with Gasteiger partial charge < -0.3 is 14.6 Å². The number of ether oxygens (including phenoxy) is 2. The Hall–Kier alpha value is -2.23. The summed E-state index contributed by atoms with van der Waals surface area (Å²) in [6.07, 6.45) is -0.782. The number of hydrogen-bond acceptors (Lipinski definition) is 5. The Morgan fingerprint density at radius 2 is 1.77 bits per heavy atom. The summed E-state index contributed by atoms with van der Waals surface area (Å²) in [6.45, 7) is 0.0884. The molecule has 9 heteroatoms. The summed E-state index contributed by atoms with van der Waals surface area (Å²) in [4.78, 5) is 0. The van der Waals surface area contributed by atoms with Crippen molar-refractivity contribution in [3.05, 3.63) is 59.2 Å². The van der Waals surface area contributed by atoms with Crippen LogP contribution in [-0.4, -0.2) is 26.9 Å². The van der Waals surface area contributed by atoms with Crippen LogP contribution in [0.1, 0.15) is 23.7 Å². The van der Waals surface area contributed by atoms with Gasteiger partial charge >= 0.3 is 0 Å². The second-order valence-electron chi connectivity index (χ2n) is 5.85. The van der Waals surface area contributed by atoms with Gasteiger partial charge in [0, 0.05) is 12.6 Å². The predicted molar refractivity (Wildman–Crippen MR) is 89.1 cm³/mol. The average Bonchev–Trinajstić information content (AvgIpc) is 3.00. The third-order valence-corrected chi connectivity index (χ3v) is 5.16. The fraction of sp³-hybridized carbons (Fsp3) is 0.294. The van der Waals surface area contributed by atoms with Gasteiger partial charge in [-0.15, -0.1) is 0 Å². The van der Waals surface area contributed by atoms with Crippen molar-refractivity contribution in [2.24, 2.45) is 0 Å². The maximum atomic E-state index is 13.1. The van der Waals surface area contributed by atoms with Crippen LogP contribution in [0.2, 0.25) is 0 Å². The van der Waals surface area contributed by atoms with E-state index in [-0.39, 0.29) is 25.3 Å². The fourth-order valence-corrected chi connectivity index (χ4v) is 3.74. The Morgan fingerprint density at radius 1 is 1.08 bits per heavy atom. The van der Waals surface area contributed by atoms with E-state index in [1.165, 1.54) is 0 Å². The minimum atomic E-state index is -3.79. The molecule has 140 valence electrons. The summed E-state index contributed by atoms with van der Waals surface area (Å²) in [5.41, 5.74) is 0.576. The number of sulfonamides is 1. The zero-order valence-electron chi connectivity index (χ0n) is 13.6. The Morgan fingerprint density at radius 3 is 2.50 bits per heavy atom. The van der Waals surface area contributed by atoms with Crippen LogP contribution in [-0.2, 0) is 15.8 Å². The van der Waals surface area contributed by atoms with Crippen molar-refractivity contribution in [3.63, 3.8) is 0 Å². The molecule has 0 fully saturated rings. The van der Waals surface area contributed by atoms with Crippen molar-refractivity contribution >= 4 is 10.0 Å². The molecule has 1 aliphatic heterocycles. The van der Waals surface area contributed by atoms with Crippen LogP contribution < -0.4 is 14.2 Å². The molecule has 0 radical (unpaired) electrons. The molecule has 2 aromatic carbocycles. The Kier molecular flexibility index (Phi) is 5.40. The molecule has 0 aromatic heterocycles. The third kappa shape index (κ3) is 4.69. The zero-order chi connectivity index (χ0) is 18.7. The van der Waals surface area contributed by atoms with Crippen LogP contribution in [0.15, 0.2) is 36.4 Å². The van der Waals surface area contributed by atoms with E-state index in [4.69, 9.17) is 9.47 Å². The van der Waals surface area contributed by atoms with E-state index in [9.17, 15) is 22.3 Å².